The van der Waals surface area contributed by atoms with Gasteiger partial charge in [0.25, 0.3) is 5.91 Å². The van der Waals surface area contributed by atoms with Crippen molar-refractivity contribution in [3.8, 4) is 17.4 Å². The van der Waals surface area contributed by atoms with Crippen LogP contribution in [0.5, 0.6) is 0 Å². The average molecular weight is 353 g/mol. The van der Waals surface area contributed by atoms with Crippen molar-refractivity contribution in [2.75, 3.05) is 19.4 Å². The van der Waals surface area contributed by atoms with Crippen molar-refractivity contribution < 1.29 is 9.21 Å². The first-order valence-corrected chi connectivity index (χ1v) is 8.20. The van der Waals surface area contributed by atoms with Gasteiger partial charge in [-0.3, -0.25) is 10.1 Å². The Kier molecular flexibility index (Phi) is 4.88. The lowest BCUT2D eigenvalue weighted by atomic mass is 10.1. The van der Waals surface area contributed by atoms with Gasteiger partial charge in [-0.2, -0.15) is 9.64 Å². The van der Waals surface area contributed by atoms with E-state index in [0.29, 0.717) is 34.4 Å². The lowest BCUT2D eigenvalue weighted by molar-refractivity contribution is 0.102. The number of rotatable bonds is 5. The predicted molar refractivity (Wildman–Crippen MR) is 94.1 cm³/mol. The molecule has 0 radical (unpaired) electrons. The monoisotopic (exact) mass is 353 g/mol. The van der Waals surface area contributed by atoms with Gasteiger partial charge in [-0.25, -0.2) is 4.98 Å². The molecule has 1 amide bonds. The predicted octanol–water partition coefficient (Wildman–Crippen LogP) is 2.98. The molecule has 2 aromatic heterocycles. The van der Waals surface area contributed by atoms with E-state index in [9.17, 15) is 4.79 Å². The summed E-state index contributed by atoms with van der Waals surface area (Å²) in [5.74, 6) is 0.860. The summed E-state index contributed by atoms with van der Waals surface area (Å²) < 4.78 is 9.65. The molecule has 0 unspecified atom stereocenters. The van der Waals surface area contributed by atoms with Crippen LogP contribution in [-0.4, -0.2) is 34.3 Å². The summed E-state index contributed by atoms with van der Waals surface area (Å²) in [6.07, 6.45) is 1.38. The molecule has 0 aliphatic rings. The number of nitrogens with zero attached hydrogens (tertiary/aromatic N) is 4. The summed E-state index contributed by atoms with van der Waals surface area (Å²) >= 11 is 1.14. The molecule has 0 fully saturated rings. The second-order valence-electron chi connectivity index (χ2n) is 5.60. The first kappa shape index (κ1) is 16.8. The van der Waals surface area contributed by atoms with E-state index in [-0.39, 0.29) is 5.91 Å². The van der Waals surface area contributed by atoms with Crippen molar-refractivity contribution in [3.05, 3.63) is 53.5 Å². The molecule has 0 atom stereocenters. The van der Waals surface area contributed by atoms with Crippen molar-refractivity contribution in [3.63, 3.8) is 0 Å². The molecular formula is C17H15N5O2S. The first-order valence-electron chi connectivity index (χ1n) is 7.43. The third kappa shape index (κ3) is 4.09. The number of anilines is 1. The highest BCUT2D eigenvalue weighted by Crippen LogP contribution is 2.24. The van der Waals surface area contributed by atoms with Crippen molar-refractivity contribution in [2.45, 2.75) is 6.54 Å². The van der Waals surface area contributed by atoms with E-state index in [4.69, 9.17) is 9.68 Å². The molecular weight excluding hydrogens is 338 g/mol. The minimum atomic E-state index is -0.320. The number of nitrogens with one attached hydrogen (secondary N) is 1. The molecule has 0 saturated carbocycles. The topological polar surface area (TPSA) is 95.0 Å². The molecule has 3 aromatic rings. The van der Waals surface area contributed by atoms with E-state index in [1.165, 1.54) is 6.26 Å². The number of benzene rings is 1. The van der Waals surface area contributed by atoms with Crippen LogP contribution < -0.4 is 5.32 Å². The van der Waals surface area contributed by atoms with Crippen molar-refractivity contribution in [2.24, 2.45) is 0 Å². The van der Waals surface area contributed by atoms with Crippen molar-refractivity contribution >= 4 is 22.6 Å². The normalized spacial score (nSPS) is 10.6. The van der Waals surface area contributed by atoms with Crippen LogP contribution >= 0.6 is 11.5 Å². The van der Waals surface area contributed by atoms with Crippen LogP contribution in [-0.2, 0) is 6.54 Å². The Balaban J connectivity index is 1.72. The number of hydrogen-bond acceptors (Lipinski definition) is 7. The third-order valence-electron chi connectivity index (χ3n) is 3.28. The van der Waals surface area contributed by atoms with Crippen LogP contribution in [0.2, 0.25) is 0 Å². The van der Waals surface area contributed by atoms with E-state index < -0.39 is 0 Å². The first-order chi connectivity index (χ1) is 12.0. The maximum absolute atomic E-state index is 12.3. The van der Waals surface area contributed by atoms with Crippen LogP contribution in [0.4, 0.5) is 5.13 Å². The number of carbonyl (C=O) groups excluding carboxylic acids is 1. The summed E-state index contributed by atoms with van der Waals surface area (Å²) in [4.78, 5) is 18.5. The zero-order chi connectivity index (χ0) is 17.8. The Labute approximate surface area is 148 Å². The summed E-state index contributed by atoms with van der Waals surface area (Å²) in [5.41, 5.74) is 1.64. The van der Waals surface area contributed by atoms with Gasteiger partial charge in [0, 0.05) is 17.1 Å². The van der Waals surface area contributed by atoms with Gasteiger partial charge in [-0.05, 0) is 32.3 Å². The summed E-state index contributed by atoms with van der Waals surface area (Å²) in [6, 6.07) is 10.7. The maximum Gasteiger partial charge on any atom is 0.260 e. The molecule has 7 nitrogen and oxygen atoms in total. The van der Waals surface area contributed by atoms with Gasteiger partial charge >= 0.3 is 0 Å². The number of amides is 1. The van der Waals surface area contributed by atoms with Crippen LogP contribution in [0, 0.1) is 11.3 Å². The molecule has 25 heavy (non-hydrogen) atoms. The molecule has 0 bridgehead atoms. The van der Waals surface area contributed by atoms with Crippen LogP contribution in [0.3, 0.4) is 0 Å². The quantitative estimate of drug-likeness (QED) is 0.758. The number of hydrogen-bond donors (Lipinski definition) is 1. The van der Waals surface area contributed by atoms with Crippen molar-refractivity contribution in [1.82, 2.24) is 14.3 Å². The smallest absolute Gasteiger partial charge is 0.260 e. The molecule has 2 heterocycles. The molecule has 0 aliphatic heterocycles. The second kappa shape index (κ2) is 7.25. The Bertz CT molecular complexity index is 938. The highest BCUT2D eigenvalue weighted by Gasteiger charge is 2.14. The molecule has 1 N–H and O–H groups in total. The zero-order valence-corrected chi connectivity index (χ0v) is 14.5. The Hall–Kier alpha value is -3.02. The van der Waals surface area contributed by atoms with Crippen LogP contribution in [0.25, 0.3) is 11.3 Å². The number of aromatic nitrogens is 2. The van der Waals surface area contributed by atoms with Gasteiger partial charge in [-0.15, -0.1) is 0 Å². The second-order valence-corrected chi connectivity index (χ2v) is 6.35. The molecule has 126 valence electrons. The van der Waals surface area contributed by atoms with E-state index in [1.54, 1.807) is 24.3 Å². The Morgan fingerprint density at radius 3 is 3.00 bits per heavy atom. The van der Waals surface area contributed by atoms with E-state index in [1.807, 2.05) is 25.1 Å². The summed E-state index contributed by atoms with van der Waals surface area (Å²) in [7, 11) is 3.85. The number of carbonyl (C=O) groups is 1. The van der Waals surface area contributed by atoms with Crippen LogP contribution in [0.15, 0.2) is 41.0 Å². The number of nitriles is 1. The molecule has 3 rings (SSSR count). The van der Waals surface area contributed by atoms with Crippen molar-refractivity contribution in [1.29, 1.82) is 5.26 Å². The van der Waals surface area contributed by atoms with E-state index in [0.717, 1.165) is 17.1 Å². The Morgan fingerprint density at radius 1 is 1.40 bits per heavy atom. The average Bonchev–Trinajstić information content (AvgIpc) is 3.24. The van der Waals surface area contributed by atoms with Gasteiger partial charge in [-0.1, -0.05) is 12.1 Å². The summed E-state index contributed by atoms with van der Waals surface area (Å²) in [5, 5.41) is 12.1. The SMILES string of the molecule is CN(C)Cc1nsc(NC(=O)c2coc(-c3cccc(C#N)c3)c2)n1. The van der Waals surface area contributed by atoms with Gasteiger partial charge < -0.3 is 9.32 Å². The lowest BCUT2D eigenvalue weighted by Gasteiger charge is -2.04. The van der Waals surface area contributed by atoms with Crippen LogP contribution in [0.1, 0.15) is 21.7 Å². The molecule has 0 saturated heterocycles. The molecule has 0 spiro atoms. The molecule has 0 aliphatic carbocycles. The fourth-order valence-electron chi connectivity index (χ4n) is 2.17. The highest BCUT2D eigenvalue weighted by atomic mass is 32.1. The lowest BCUT2D eigenvalue weighted by Crippen LogP contribution is -2.13. The summed E-state index contributed by atoms with van der Waals surface area (Å²) in [6.45, 7) is 0.609. The largest absolute Gasteiger partial charge is 0.464 e. The standard InChI is InChI=1S/C17H15N5O2S/c1-22(2)9-15-19-17(25-21-15)20-16(23)13-7-14(24-10-13)12-5-3-4-11(6-12)8-18/h3-7,10H,9H2,1-2H3,(H,19,20,21,23). The minimum absolute atomic E-state index is 0.320. The highest BCUT2D eigenvalue weighted by molar-refractivity contribution is 7.09. The minimum Gasteiger partial charge on any atom is -0.464 e. The molecule has 1 aromatic carbocycles. The van der Waals surface area contributed by atoms with Gasteiger partial charge in [0.15, 0.2) is 5.82 Å². The fraction of sp³-hybridized carbons (Fsp3) is 0.176. The number of furan rings is 1. The van der Waals surface area contributed by atoms with E-state index in [2.05, 4.69) is 20.7 Å². The zero-order valence-electron chi connectivity index (χ0n) is 13.7. The fourth-order valence-corrected chi connectivity index (χ4v) is 2.74. The Morgan fingerprint density at radius 2 is 2.24 bits per heavy atom. The van der Waals surface area contributed by atoms with Gasteiger partial charge in [0.1, 0.15) is 12.0 Å². The van der Waals surface area contributed by atoms with Gasteiger partial charge in [0.05, 0.1) is 23.7 Å². The molecule has 8 heteroatoms. The van der Waals surface area contributed by atoms with E-state index >= 15 is 0 Å². The maximum atomic E-state index is 12.3. The van der Waals surface area contributed by atoms with Gasteiger partial charge in [0.2, 0.25) is 5.13 Å². The third-order valence-corrected chi connectivity index (χ3v) is 3.95.